The van der Waals surface area contributed by atoms with Crippen LogP contribution in [0.5, 0.6) is 0 Å². The second-order valence-electron chi connectivity index (χ2n) is 4.98. The molecule has 0 aromatic carbocycles. The van der Waals surface area contributed by atoms with Gasteiger partial charge in [0.05, 0.1) is 0 Å². The van der Waals surface area contributed by atoms with Gasteiger partial charge in [0.1, 0.15) is 0 Å². The zero-order valence-electron chi connectivity index (χ0n) is 10.3. The molecule has 1 aliphatic heterocycles. The highest BCUT2D eigenvalue weighted by molar-refractivity contribution is 5.77. The van der Waals surface area contributed by atoms with E-state index in [9.17, 15) is 4.79 Å². The van der Waals surface area contributed by atoms with Gasteiger partial charge >= 0.3 is 0 Å². The van der Waals surface area contributed by atoms with E-state index in [4.69, 9.17) is 0 Å². The Hall–Kier alpha value is -0.570. The van der Waals surface area contributed by atoms with Crippen LogP contribution in [0.4, 0.5) is 0 Å². The first-order chi connectivity index (χ1) is 7.09. The molecule has 88 valence electrons. The average Bonchev–Trinajstić information content (AvgIpc) is 2.20. The Morgan fingerprint density at radius 1 is 1.40 bits per heavy atom. The number of carbonyl (C=O) groups is 1. The predicted molar refractivity (Wildman–Crippen MR) is 62.7 cm³/mol. The van der Waals surface area contributed by atoms with Crippen molar-refractivity contribution in [1.29, 1.82) is 0 Å². The maximum Gasteiger partial charge on any atom is 0.222 e. The zero-order valence-corrected chi connectivity index (χ0v) is 10.3. The van der Waals surface area contributed by atoms with Crippen molar-refractivity contribution in [2.24, 2.45) is 11.8 Å². The molecule has 1 fully saturated rings. The fourth-order valence-electron chi connectivity index (χ4n) is 1.95. The number of likely N-dealkylation sites (tertiary alicyclic amines) is 1. The summed E-state index contributed by atoms with van der Waals surface area (Å²) in [5.74, 6) is 1.11. The van der Waals surface area contributed by atoms with Crippen LogP contribution in [0.1, 0.15) is 33.1 Å². The van der Waals surface area contributed by atoms with E-state index in [2.05, 4.69) is 17.3 Å². The Balaban J connectivity index is 2.08. The second-order valence-corrected chi connectivity index (χ2v) is 4.98. The third-order valence-corrected chi connectivity index (χ3v) is 3.21. The van der Waals surface area contributed by atoms with Gasteiger partial charge in [-0.25, -0.2) is 0 Å². The molecule has 0 aliphatic carbocycles. The molecule has 3 heteroatoms. The van der Waals surface area contributed by atoms with Gasteiger partial charge in [-0.15, -0.1) is 0 Å². The van der Waals surface area contributed by atoms with Gasteiger partial charge in [-0.2, -0.15) is 0 Å². The van der Waals surface area contributed by atoms with E-state index < -0.39 is 0 Å². The minimum Gasteiger partial charge on any atom is -0.356 e. The summed E-state index contributed by atoms with van der Waals surface area (Å²) in [6.45, 7) is 7.15. The molecule has 3 nitrogen and oxygen atoms in total. The van der Waals surface area contributed by atoms with Gasteiger partial charge in [0.25, 0.3) is 0 Å². The largest absolute Gasteiger partial charge is 0.356 e. The van der Waals surface area contributed by atoms with Gasteiger partial charge in [-0.05, 0) is 45.3 Å². The molecule has 1 rings (SSSR count). The number of hydrogen-bond acceptors (Lipinski definition) is 2. The van der Waals surface area contributed by atoms with Crippen LogP contribution in [0.3, 0.4) is 0 Å². The number of hydrogen-bond donors (Lipinski definition) is 1. The van der Waals surface area contributed by atoms with Crippen molar-refractivity contribution in [3.63, 3.8) is 0 Å². The van der Waals surface area contributed by atoms with Crippen molar-refractivity contribution < 1.29 is 4.79 Å². The Kier molecular flexibility index (Phi) is 5.09. The molecule has 0 bridgehead atoms. The number of nitrogens with one attached hydrogen (secondary N) is 1. The maximum absolute atomic E-state index is 11.3. The first-order valence-electron chi connectivity index (χ1n) is 6.06. The van der Waals surface area contributed by atoms with Crippen LogP contribution in [0.25, 0.3) is 0 Å². The summed E-state index contributed by atoms with van der Waals surface area (Å²) in [4.78, 5) is 13.7. The Morgan fingerprint density at radius 2 is 2.00 bits per heavy atom. The van der Waals surface area contributed by atoms with Crippen LogP contribution < -0.4 is 5.32 Å². The summed E-state index contributed by atoms with van der Waals surface area (Å²) in [7, 11) is 2.18. The molecule has 0 aromatic rings. The summed E-state index contributed by atoms with van der Waals surface area (Å²) in [6.07, 6.45) is 3.72. The smallest absolute Gasteiger partial charge is 0.222 e. The van der Waals surface area contributed by atoms with Gasteiger partial charge < -0.3 is 10.2 Å². The minimum absolute atomic E-state index is 0.113. The van der Waals surface area contributed by atoms with Crippen LogP contribution in [0.15, 0.2) is 0 Å². The first-order valence-corrected chi connectivity index (χ1v) is 6.06. The normalized spacial score (nSPS) is 19.5. The fourth-order valence-corrected chi connectivity index (χ4v) is 1.95. The van der Waals surface area contributed by atoms with Crippen LogP contribution in [0, 0.1) is 11.8 Å². The zero-order chi connectivity index (χ0) is 11.3. The minimum atomic E-state index is 0.113. The van der Waals surface area contributed by atoms with E-state index >= 15 is 0 Å². The number of nitrogens with zero attached hydrogens (tertiary/aromatic N) is 1. The number of amides is 1. The summed E-state index contributed by atoms with van der Waals surface area (Å²) < 4.78 is 0. The molecule has 1 heterocycles. The summed E-state index contributed by atoms with van der Waals surface area (Å²) >= 11 is 0. The molecule has 15 heavy (non-hydrogen) atoms. The van der Waals surface area contributed by atoms with Crippen molar-refractivity contribution in [1.82, 2.24) is 10.2 Å². The lowest BCUT2D eigenvalue weighted by atomic mass is 9.94. The van der Waals surface area contributed by atoms with Gasteiger partial charge in [-0.1, -0.05) is 13.8 Å². The van der Waals surface area contributed by atoms with E-state index in [1.54, 1.807) is 0 Å². The van der Waals surface area contributed by atoms with Gasteiger partial charge in [0.2, 0.25) is 5.91 Å². The highest BCUT2D eigenvalue weighted by Gasteiger charge is 2.16. The van der Waals surface area contributed by atoms with Crippen molar-refractivity contribution in [2.45, 2.75) is 33.1 Å². The summed E-state index contributed by atoms with van der Waals surface area (Å²) in [6, 6.07) is 0. The average molecular weight is 212 g/mol. The Morgan fingerprint density at radius 3 is 2.53 bits per heavy atom. The number of carbonyl (C=O) groups excluding carboxylic acids is 1. The molecular formula is C12H24N2O. The van der Waals surface area contributed by atoms with Crippen LogP contribution in [-0.4, -0.2) is 37.5 Å². The number of rotatable bonds is 4. The van der Waals surface area contributed by atoms with Crippen LogP contribution in [0.2, 0.25) is 0 Å². The van der Waals surface area contributed by atoms with E-state index in [1.165, 1.54) is 25.9 Å². The van der Waals surface area contributed by atoms with Crippen LogP contribution >= 0.6 is 0 Å². The molecule has 0 aromatic heterocycles. The molecular weight excluding hydrogens is 188 g/mol. The van der Waals surface area contributed by atoms with Gasteiger partial charge in [0.15, 0.2) is 0 Å². The highest BCUT2D eigenvalue weighted by Crippen LogP contribution is 2.18. The van der Waals surface area contributed by atoms with E-state index in [0.29, 0.717) is 0 Å². The third kappa shape index (κ3) is 4.65. The molecule has 1 saturated heterocycles. The topological polar surface area (TPSA) is 32.3 Å². The van der Waals surface area contributed by atoms with Crippen molar-refractivity contribution in [3.8, 4) is 0 Å². The molecule has 0 atom stereocenters. The molecule has 1 N–H and O–H groups in total. The molecule has 0 radical (unpaired) electrons. The summed E-state index contributed by atoms with van der Waals surface area (Å²) in [5, 5.41) is 2.99. The first kappa shape index (κ1) is 12.5. The van der Waals surface area contributed by atoms with E-state index in [0.717, 1.165) is 18.9 Å². The SMILES string of the molecule is CC(C)C(=O)NCCC1CCN(C)CC1. The third-order valence-electron chi connectivity index (χ3n) is 3.21. The number of piperidine rings is 1. The molecule has 0 spiro atoms. The van der Waals surface area contributed by atoms with Crippen LogP contribution in [-0.2, 0) is 4.79 Å². The molecule has 0 saturated carbocycles. The lowest BCUT2D eigenvalue weighted by Gasteiger charge is -2.28. The molecule has 0 unspecified atom stereocenters. The maximum atomic E-state index is 11.3. The van der Waals surface area contributed by atoms with Gasteiger partial charge in [-0.3, -0.25) is 4.79 Å². The summed E-state index contributed by atoms with van der Waals surface area (Å²) in [5.41, 5.74) is 0. The lowest BCUT2D eigenvalue weighted by molar-refractivity contribution is -0.124. The molecule has 1 amide bonds. The highest BCUT2D eigenvalue weighted by atomic mass is 16.1. The lowest BCUT2D eigenvalue weighted by Crippen LogP contribution is -2.33. The van der Waals surface area contributed by atoms with Crippen molar-refractivity contribution >= 4 is 5.91 Å². The molecule has 1 aliphatic rings. The standard InChI is InChI=1S/C12H24N2O/c1-10(2)12(15)13-7-4-11-5-8-14(3)9-6-11/h10-11H,4-9H2,1-3H3,(H,13,15). The van der Waals surface area contributed by atoms with Crippen molar-refractivity contribution in [2.75, 3.05) is 26.7 Å². The quantitative estimate of drug-likeness (QED) is 0.766. The monoisotopic (exact) mass is 212 g/mol. The Labute approximate surface area is 93.2 Å². The fraction of sp³-hybridized carbons (Fsp3) is 0.917. The van der Waals surface area contributed by atoms with E-state index in [-0.39, 0.29) is 11.8 Å². The second kappa shape index (κ2) is 6.11. The van der Waals surface area contributed by atoms with Crippen molar-refractivity contribution in [3.05, 3.63) is 0 Å². The Bertz CT molecular complexity index is 196. The van der Waals surface area contributed by atoms with Gasteiger partial charge in [0, 0.05) is 12.5 Å². The predicted octanol–water partition coefficient (Wildman–Crippen LogP) is 1.49. The van der Waals surface area contributed by atoms with E-state index in [1.807, 2.05) is 13.8 Å².